The average Bonchev–Trinajstić information content (AvgIpc) is 2.19. The molecule has 0 aromatic carbocycles. The first-order chi connectivity index (χ1) is 7.50. The van der Waals surface area contributed by atoms with E-state index in [1.54, 1.807) is 12.1 Å². The Morgan fingerprint density at radius 2 is 2.25 bits per heavy atom. The van der Waals surface area contributed by atoms with E-state index in [-0.39, 0.29) is 10.7 Å². The van der Waals surface area contributed by atoms with Gasteiger partial charge in [-0.1, -0.05) is 11.6 Å². The van der Waals surface area contributed by atoms with Crippen molar-refractivity contribution in [1.29, 1.82) is 0 Å². The Hall–Kier alpha value is -0.780. The smallest absolute Gasteiger partial charge is 0.356 e. The highest BCUT2D eigenvalue weighted by atomic mass is 35.5. The fraction of sp³-hybridized carbons (Fsp3) is 0.400. The lowest BCUT2D eigenvalue weighted by Gasteiger charge is -2.06. The second-order valence-corrected chi connectivity index (χ2v) is 5.11. The third kappa shape index (κ3) is 4.00. The van der Waals surface area contributed by atoms with Crippen molar-refractivity contribution >= 4 is 29.3 Å². The summed E-state index contributed by atoms with van der Waals surface area (Å²) in [4.78, 5) is 16.1. The minimum atomic E-state index is -1.09. The summed E-state index contributed by atoms with van der Waals surface area (Å²) >= 11 is 7.25. The number of rotatable bonds is 5. The molecule has 0 amide bonds. The molecule has 1 aromatic rings. The summed E-state index contributed by atoms with van der Waals surface area (Å²) in [6.07, 6.45) is 0. The Labute approximate surface area is 104 Å². The zero-order valence-electron chi connectivity index (χ0n) is 9.16. The molecule has 0 spiro atoms. The summed E-state index contributed by atoms with van der Waals surface area (Å²) in [6.45, 7) is 0.997. The maximum absolute atomic E-state index is 10.8. The highest BCUT2D eigenvalue weighted by molar-refractivity contribution is 7.99. The fourth-order valence-corrected chi connectivity index (χ4v) is 2.24. The van der Waals surface area contributed by atoms with Crippen molar-refractivity contribution in [2.45, 2.75) is 5.03 Å². The lowest BCUT2D eigenvalue weighted by atomic mass is 10.3. The molecule has 0 fully saturated rings. The van der Waals surface area contributed by atoms with Gasteiger partial charge in [0, 0.05) is 5.75 Å². The minimum Gasteiger partial charge on any atom is -0.476 e. The highest BCUT2D eigenvalue weighted by Gasteiger charge is 2.11. The van der Waals surface area contributed by atoms with Gasteiger partial charge in [0.15, 0.2) is 5.69 Å². The Morgan fingerprint density at radius 3 is 2.81 bits per heavy atom. The molecule has 0 radical (unpaired) electrons. The summed E-state index contributed by atoms with van der Waals surface area (Å²) < 4.78 is 0. The topological polar surface area (TPSA) is 54.6 Å². The van der Waals surface area contributed by atoms with E-state index in [9.17, 15) is 4.79 Å². The quantitative estimate of drug-likeness (QED) is 0.765. The van der Waals surface area contributed by atoms with Crippen molar-refractivity contribution in [3.8, 4) is 0 Å². The molecule has 1 heterocycles. The van der Waals surface area contributed by atoms with Crippen molar-refractivity contribution in [2.24, 2.45) is 0 Å². The van der Waals surface area contributed by atoms with E-state index in [0.29, 0.717) is 5.03 Å². The molecule has 6 heteroatoms. The lowest BCUT2D eigenvalue weighted by molar-refractivity contribution is -0.855. The van der Waals surface area contributed by atoms with Gasteiger partial charge >= 0.3 is 5.97 Å². The number of aromatic nitrogens is 1. The molecule has 0 aliphatic carbocycles. The molecule has 88 valence electrons. The Balaban J connectivity index is 2.68. The number of nitrogens with one attached hydrogen (secondary N) is 1. The standard InChI is InChI=1S/C10H13ClN2O2S/c1-13(2)5-6-16-8-4-3-7(11)9(12-8)10(14)15/h3-4H,5-6H2,1-2H3,(H,14,15)/p+1. The second kappa shape index (κ2) is 6.08. The van der Waals surface area contributed by atoms with Crippen LogP contribution in [0.5, 0.6) is 0 Å². The second-order valence-electron chi connectivity index (χ2n) is 3.59. The van der Waals surface area contributed by atoms with Gasteiger partial charge in [-0.15, -0.1) is 11.8 Å². The molecular weight excluding hydrogens is 248 g/mol. The number of carboxylic acid groups (broad SMARTS) is 1. The van der Waals surface area contributed by atoms with Crippen LogP contribution < -0.4 is 4.90 Å². The number of hydrogen-bond donors (Lipinski definition) is 2. The van der Waals surface area contributed by atoms with E-state index >= 15 is 0 Å². The van der Waals surface area contributed by atoms with Gasteiger partial charge in [0.2, 0.25) is 0 Å². The summed E-state index contributed by atoms with van der Waals surface area (Å²) in [7, 11) is 4.14. The zero-order chi connectivity index (χ0) is 12.1. The van der Waals surface area contributed by atoms with Crippen LogP contribution >= 0.6 is 23.4 Å². The SMILES string of the molecule is C[NH+](C)CCSc1ccc(Cl)c(C(=O)O)n1. The number of carboxylic acids is 1. The molecule has 4 nitrogen and oxygen atoms in total. The molecule has 0 aliphatic heterocycles. The maximum atomic E-state index is 10.8. The average molecular weight is 262 g/mol. The van der Waals surface area contributed by atoms with E-state index in [0.717, 1.165) is 12.3 Å². The van der Waals surface area contributed by atoms with Crippen molar-refractivity contribution in [3.05, 3.63) is 22.8 Å². The monoisotopic (exact) mass is 261 g/mol. The van der Waals surface area contributed by atoms with E-state index < -0.39 is 5.97 Å². The molecule has 0 atom stereocenters. The predicted molar refractivity (Wildman–Crippen MR) is 64.6 cm³/mol. The summed E-state index contributed by atoms with van der Waals surface area (Å²) in [5.74, 6) is -0.193. The van der Waals surface area contributed by atoms with Crippen LogP contribution in [0.1, 0.15) is 10.5 Å². The maximum Gasteiger partial charge on any atom is 0.356 e. The van der Waals surface area contributed by atoms with Gasteiger partial charge in [-0.2, -0.15) is 0 Å². The minimum absolute atomic E-state index is 0.0798. The Bertz CT molecular complexity index is 385. The number of aromatic carboxylic acids is 1. The van der Waals surface area contributed by atoms with Crippen LogP contribution in [-0.2, 0) is 0 Å². The van der Waals surface area contributed by atoms with Gasteiger partial charge in [-0.3, -0.25) is 0 Å². The van der Waals surface area contributed by atoms with Gasteiger partial charge < -0.3 is 10.0 Å². The van der Waals surface area contributed by atoms with E-state index in [4.69, 9.17) is 16.7 Å². The number of hydrogen-bond acceptors (Lipinski definition) is 3. The van der Waals surface area contributed by atoms with Crippen LogP contribution in [-0.4, -0.2) is 42.5 Å². The molecule has 0 aliphatic rings. The predicted octanol–water partition coefficient (Wildman–Crippen LogP) is 0.670. The molecule has 0 saturated heterocycles. The van der Waals surface area contributed by atoms with Crippen LogP contribution in [0, 0.1) is 0 Å². The fourth-order valence-electron chi connectivity index (χ4n) is 1.01. The molecule has 0 unspecified atom stereocenters. The molecule has 1 aromatic heterocycles. The van der Waals surface area contributed by atoms with Gasteiger partial charge in [0.05, 0.1) is 30.7 Å². The van der Waals surface area contributed by atoms with Crippen LogP contribution in [0.3, 0.4) is 0 Å². The van der Waals surface area contributed by atoms with Crippen molar-refractivity contribution in [1.82, 2.24) is 4.98 Å². The number of nitrogens with zero attached hydrogens (tertiary/aromatic N) is 1. The molecule has 2 N–H and O–H groups in total. The number of halogens is 1. The molecular formula is C10H14ClN2O2S+. The Morgan fingerprint density at radius 1 is 1.56 bits per heavy atom. The van der Waals surface area contributed by atoms with Gasteiger partial charge in [-0.05, 0) is 12.1 Å². The van der Waals surface area contributed by atoms with Crippen LogP contribution in [0.25, 0.3) is 0 Å². The van der Waals surface area contributed by atoms with Gasteiger partial charge in [0.25, 0.3) is 0 Å². The Kier molecular flexibility index (Phi) is 5.05. The number of carbonyl (C=O) groups is 1. The van der Waals surface area contributed by atoms with E-state index in [2.05, 4.69) is 19.1 Å². The first kappa shape index (κ1) is 13.3. The number of quaternary nitrogens is 1. The van der Waals surface area contributed by atoms with E-state index in [1.807, 2.05) is 0 Å². The molecule has 16 heavy (non-hydrogen) atoms. The molecule has 1 rings (SSSR count). The zero-order valence-corrected chi connectivity index (χ0v) is 10.7. The molecule has 0 saturated carbocycles. The third-order valence-corrected chi connectivity index (χ3v) is 3.11. The van der Waals surface area contributed by atoms with Crippen LogP contribution in [0.2, 0.25) is 5.02 Å². The summed E-state index contributed by atoms with van der Waals surface area (Å²) in [5, 5.41) is 9.72. The first-order valence-electron chi connectivity index (χ1n) is 4.82. The van der Waals surface area contributed by atoms with Crippen LogP contribution in [0.15, 0.2) is 17.2 Å². The van der Waals surface area contributed by atoms with Crippen molar-refractivity contribution in [2.75, 3.05) is 26.4 Å². The molecule has 0 bridgehead atoms. The van der Waals surface area contributed by atoms with E-state index in [1.165, 1.54) is 16.7 Å². The van der Waals surface area contributed by atoms with Crippen molar-refractivity contribution < 1.29 is 14.8 Å². The first-order valence-corrected chi connectivity index (χ1v) is 6.18. The normalized spacial score (nSPS) is 10.8. The third-order valence-electron chi connectivity index (χ3n) is 1.88. The number of thioether (sulfide) groups is 1. The van der Waals surface area contributed by atoms with Gasteiger partial charge in [0.1, 0.15) is 0 Å². The number of pyridine rings is 1. The van der Waals surface area contributed by atoms with Crippen LogP contribution in [0.4, 0.5) is 0 Å². The summed E-state index contributed by atoms with van der Waals surface area (Å²) in [5.41, 5.74) is -0.0798. The largest absolute Gasteiger partial charge is 0.476 e. The summed E-state index contributed by atoms with van der Waals surface area (Å²) in [6, 6.07) is 3.31. The highest BCUT2D eigenvalue weighted by Crippen LogP contribution is 2.20. The van der Waals surface area contributed by atoms with Crippen molar-refractivity contribution in [3.63, 3.8) is 0 Å². The lowest BCUT2D eigenvalue weighted by Crippen LogP contribution is -3.06. The van der Waals surface area contributed by atoms with Gasteiger partial charge in [-0.25, -0.2) is 9.78 Å².